The molecule has 0 unspecified atom stereocenters. The Bertz CT molecular complexity index is 909. The molecule has 2 aromatic carbocycles. The van der Waals surface area contributed by atoms with Gasteiger partial charge in [0.1, 0.15) is 5.75 Å². The van der Waals surface area contributed by atoms with Gasteiger partial charge in [-0.05, 0) is 60.9 Å². The highest BCUT2D eigenvalue weighted by Gasteiger charge is 2.17. The third-order valence-electron chi connectivity index (χ3n) is 4.94. The van der Waals surface area contributed by atoms with Gasteiger partial charge in [-0.2, -0.15) is 0 Å². The van der Waals surface area contributed by atoms with E-state index >= 15 is 0 Å². The molecule has 3 rings (SSSR count). The summed E-state index contributed by atoms with van der Waals surface area (Å²) in [6.07, 6.45) is 5.53. The first-order chi connectivity index (χ1) is 14.6. The highest BCUT2D eigenvalue weighted by atomic mass is 16.5. The van der Waals surface area contributed by atoms with Crippen molar-refractivity contribution in [1.29, 1.82) is 0 Å². The fourth-order valence-electron chi connectivity index (χ4n) is 3.20. The molecular formula is C23H27N3O4. The molecule has 0 radical (unpaired) electrons. The monoisotopic (exact) mass is 409 g/mol. The summed E-state index contributed by atoms with van der Waals surface area (Å²) in [5, 5.41) is 2.77. The van der Waals surface area contributed by atoms with Gasteiger partial charge in [-0.3, -0.25) is 25.2 Å². The lowest BCUT2D eigenvalue weighted by Gasteiger charge is -2.17. The lowest BCUT2D eigenvalue weighted by molar-refractivity contribution is -0.116. The Kier molecular flexibility index (Phi) is 7.43. The van der Waals surface area contributed by atoms with E-state index in [-0.39, 0.29) is 5.91 Å². The highest BCUT2D eigenvalue weighted by Crippen LogP contribution is 2.23. The van der Waals surface area contributed by atoms with Gasteiger partial charge < -0.3 is 10.1 Å². The van der Waals surface area contributed by atoms with Crippen LogP contribution in [0.25, 0.3) is 0 Å². The minimum atomic E-state index is -0.421. The predicted molar refractivity (Wildman–Crippen MR) is 114 cm³/mol. The number of anilines is 1. The topological polar surface area (TPSA) is 96.5 Å². The fourth-order valence-corrected chi connectivity index (χ4v) is 3.20. The Morgan fingerprint density at radius 3 is 2.37 bits per heavy atom. The number of benzene rings is 2. The second-order valence-corrected chi connectivity index (χ2v) is 7.26. The molecule has 0 aromatic heterocycles. The number of ether oxygens (including phenoxy) is 1. The van der Waals surface area contributed by atoms with Crippen molar-refractivity contribution in [2.75, 3.05) is 11.9 Å². The molecule has 3 amide bonds. The van der Waals surface area contributed by atoms with E-state index in [9.17, 15) is 14.4 Å². The van der Waals surface area contributed by atoms with Crippen molar-refractivity contribution in [3.05, 3.63) is 59.2 Å². The summed E-state index contributed by atoms with van der Waals surface area (Å²) in [5.74, 6) is -0.147. The van der Waals surface area contributed by atoms with Gasteiger partial charge in [-0.1, -0.05) is 26.2 Å². The molecule has 7 heteroatoms. The second kappa shape index (κ2) is 10.4. The standard InChI is InChI=1S/C23H27N3O4/c1-2-3-4-5-14-30-19-10-6-16(7-11-19)22(28)25-26-23(29)18-8-12-20-17(15-18)9-13-21(27)24-20/h6-8,10-12,15H,2-5,9,13-14H2,1H3,(H,24,27)(H,25,28)(H,26,29). The first-order valence-corrected chi connectivity index (χ1v) is 10.3. The number of hydrogen-bond donors (Lipinski definition) is 3. The number of amides is 3. The maximum atomic E-state index is 12.3. The van der Waals surface area contributed by atoms with E-state index in [2.05, 4.69) is 23.1 Å². The Morgan fingerprint density at radius 2 is 1.63 bits per heavy atom. The van der Waals surface area contributed by atoms with Crippen LogP contribution in [-0.2, 0) is 11.2 Å². The summed E-state index contributed by atoms with van der Waals surface area (Å²) in [6.45, 7) is 2.83. The van der Waals surface area contributed by atoms with Gasteiger partial charge in [0, 0.05) is 23.2 Å². The van der Waals surface area contributed by atoms with Crippen molar-refractivity contribution in [3.63, 3.8) is 0 Å². The van der Waals surface area contributed by atoms with Gasteiger partial charge in [0.05, 0.1) is 6.61 Å². The van der Waals surface area contributed by atoms with Gasteiger partial charge in [-0.15, -0.1) is 0 Å². The number of hydrazine groups is 1. The van der Waals surface area contributed by atoms with Crippen LogP contribution in [0.1, 0.15) is 65.3 Å². The van der Waals surface area contributed by atoms with Gasteiger partial charge in [0.2, 0.25) is 5.91 Å². The van der Waals surface area contributed by atoms with Crippen LogP contribution in [0.15, 0.2) is 42.5 Å². The molecule has 1 aliphatic rings. The third kappa shape index (κ3) is 5.83. The number of unbranched alkanes of at least 4 members (excludes halogenated alkanes) is 3. The molecule has 0 saturated heterocycles. The van der Waals surface area contributed by atoms with E-state index in [1.807, 2.05) is 0 Å². The zero-order chi connectivity index (χ0) is 21.3. The average Bonchev–Trinajstić information content (AvgIpc) is 2.77. The van der Waals surface area contributed by atoms with Crippen LogP contribution in [0.4, 0.5) is 5.69 Å². The summed E-state index contributed by atoms with van der Waals surface area (Å²) in [6, 6.07) is 11.8. The van der Waals surface area contributed by atoms with Crippen LogP contribution in [0.3, 0.4) is 0 Å². The Hall–Kier alpha value is -3.35. The van der Waals surface area contributed by atoms with Crippen molar-refractivity contribution >= 4 is 23.4 Å². The maximum Gasteiger partial charge on any atom is 0.269 e. The normalized spacial score (nSPS) is 12.5. The highest BCUT2D eigenvalue weighted by molar-refractivity contribution is 6.00. The number of carbonyl (C=O) groups is 3. The minimum absolute atomic E-state index is 0.0279. The summed E-state index contributed by atoms with van der Waals surface area (Å²) in [5.41, 5.74) is 7.30. The average molecular weight is 409 g/mol. The van der Waals surface area contributed by atoms with Crippen molar-refractivity contribution in [2.45, 2.75) is 45.4 Å². The lowest BCUT2D eigenvalue weighted by atomic mass is 10.0. The summed E-state index contributed by atoms with van der Waals surface area (Å²) in [7, 11) is 0. The van der Waals surface area contributed by atoms with Gasteiger partial charge in [-0.25, -0.2) is 0 Å². The first kappa shape index (κ1) is 21.4. The molecule has 158 valence electrons. The van der Waals surface area contributed by atoms with E-state index < -0.39 is 11.8 Å². The molecule has 3 N–H and O–H groups in total. The SMILES string of the molecule is CCCCCCOc1ccc(C(=O)NNC(=O)c2ccc3c(c2)CCC(=O)N3)cc1. The van der Waals surface area contributed by atoms with Crippen molar-refractivity contribution in [3.8, 4) is 5.75 Å². The summed E-state index contributed by atoms with van der Waals surface area (Å²) >= 11 is 0. The van der Waals surface area contributed by atoms with Crippen molar-refractivity contribution < 1.29 is 19.1 Å². The van der Waals surface area contributed by atoms with Crippen LogP contribution in [-0.4, -0.2) is 24.3 Å². The smallest absolute Gasteiger partial charge is 0.269 e. The van der Waals surface area contributed by atoms with Gasteiger partial charge in [0.25, 0.3) is 11.8 Å². The number of fused-ring (bicyclic) bond motifs is 1. The van der Waals surface area contributed by atoms with E-state index in [1.165, 1.54) is 12.8 Å². The van der Waals surface area contributed by atoms with Crippen LogP contribution in [0.5, 0.6) is 5.75 Å². The predicted octanol–water partition coefficient (Wildman–Crippen LogP) is 3.61. The zero-order valence-electron chi connectivity index (χ0n) is 17.1. The molecule has 2 aromatic rings. The van der Waals surface area contributed by atoms with Gasteiger partial charge >= 0.3 is 0 Å². The number of nitrogens with one attached hydrogen (secondary N) is 3. The maximum absolute atomic E-state index is 12.3. The molecule has 0 aliphatic carbocycles. The van der Waals surface area contributed by atoms with E-state index in [1.54, 1.807) is 42.5 Å². The number of rotatable bonds is 8. The third-order valence-corrected chi connectivity index (χ3v) is 4.94. The fraction of sp³-hybridized carbons (Fsp3) is 0.348. The molecule has 0 atom stereocenters. The van der Waals surface area contributed by atoms with Crippen molar-refractivity contribution in [2.24, 2.45) is 0 Å². The van der Waals surface area contributed by atoms with E-state index in [0.717, 1.165) is 24.1 Å². The minimum Gasteiger partial charge on any atom is -0.494 e. The Balaban J connectivity index is 1.48. The second-order valence-electron chi connectivity index (χ2n) is 7.26. The molecule has 1 heterocycles. The largest absolute Gasteiger partial charge is 0.494 e. The van der Waals surface area contributed by atoms with Crippen LogP contribution < -0.4 is 20.9 Å². The van der Waals surface area contributed by atoms with Crippen LogP contribution >= 0.6 is 0 Å². The molecule has 7 nitrogen and oxygen atoms in total. The molecule has 0 fully saturated rings. The molecular weight excluding hydrogens is 382 g/mol. The number of aryl methyl sites for hydroxylation is 1. The number of hydrogen-bond acceptors (Lipinski definition) is 4. The number of carbonyl (C=O) groups excluding carboxylic acids is 3. The Labute approximate surface area is 176 Å². The molecule has 0 saturated carbocycles. The summed E-state index contributed by atoms with van der Waals surface area (Å²) in [4.78, 5) is 36.0. The molecule has 0 bridgehead atoms. The summed E-state index contributed by atoms with van der Waals surface area (Å²) < 4.78 is 5.67. The van der Waals surface area contributed by atoms with Crippen LogP contribution in [0.2, 0.25) is 0 Å². The Morgan fingerprint density at radius 1 is 0.933 bits per heavy atom. The van der Waals surface area contributed by atoms with E-state index in [4.69, 9.17) is 4.74 Å². The first-order valence-electron chi connectivity index (χ1n) is 10.3. The molecule has 0 spiro atoms. The molecule has 30 heavy (non-hydrogen) atoms. The molecule has 1 aliphatic heterocycles. The van der Waals surface area contributed by atoms with Crippen LogP contribution in [0, 0.1) is 0 Å². The van der Waals surface area contributed by atoms with Gasteiger partial charge in [0.15, 0.2) is 0 Å². The zero-order valence-corrected chi connectivity index (χ0v) is 17.1. The van der Waals surface area contributed by atoms with E-state index in [0.29, 0.717) is 36.3 Å². The van der Waals surface area contributed by atoms with Crippen molar-refractivity contribution in [1.82, 2.24) is 10.9 Å². The lowest BCUT2D eigenvalue weighted by Crippen LogP contribution is -2.41. The quantitative estimate of drug-likeness (QED) is 0.458.